The molecular weight excluding hydrogens is 376 g/mol. The molecule has 0 aromatic heterocycles. The average molecular weight is 399 g/mol. The maximum absolute atomic E-state index is 12.5. The number of nitrogens with one attached hydrogen (secondary N) is 1. The third-order valence-corrected chi connectivity index (χ3v) is 6.00. The van der Waals surface area contributed by atoms with Crippen molar-refractivity contribution < 1.29 is 4.79 Å². The van der Waals surface area contributed by atoms with Gasteiger partial charge in [0.25, 0.3) is 5.91 Å². The third-order valence-electron chi connectivity index (χ3n) is 4.88. The van der Waals surface area contributed by atoms with Gasteiger partial charge >= 0.3 is 0 Å². The first-order valence-electron chi connectivity index (χ1n) is 9.58. The molecule has 0 unspecified atom stereocenters. The van der Waals surface area contributed by atoms with Gasteiger partial charge in [-0.2, -0.15) is 5.10 Å². The van der Waals surface area contributed by atoms with Crippen molar-refractivity contribution >= 4 is 45.4 Å². The van der Waals surface area contributed by atoms with Crippen molar-refractivity contribution in [1.82, 2.24) is 5.43 Å². The van der Waals surface area contributed by atoms with E-state index < -0.39 is 0 Å². The predicted octanol–water partition coefficient (Wildman–Crippen LogP) is 5.93. The minimum Gasteiger partial charge on any atom is -0.272 e. The Morgan fingerprint density at radius 1 is 0.931 bits per heavy atom. The lowest BCUT2D eigenvalue weighted by Gasteiger charge is -2.10. The molecule has 0 saturated heterocycles. The number of fused-ring (bicyclic) bond motifs is 2. The number of carbonyl (C=O) groups is 1. The van der Waals surface area contributed by atoms with E-state index in [1.54, 1.807) is 6.21 Å². The highest BCUT2D eigenvalue weighted by Crippen LogP contribution is 2.27. The summed E-state index contributed by atoms with van der Waals surface area (Å²) < 4.78 is 0. The molecule has 1 amide bonds. The van der Waals surface area contributed by atoms with E-state index >= 15 is 0 Å². The fraction of sp³-hybridized carbons (Fsp3) is 0.120. The lowest BCUT2D eigenvalue weighted by molar-refractivity contribution is -0.120. The number of hydrazone groups is 1. The fourth-order valence-electron chi connectivity index (χ4n) is 3.31. The molecule has 4 aromatic carbocycles. The number of benzene rings is 4. The van der Waals surface area contributed by atoms with Gasteiger partial charge in [0.1, 0.15) is 0 Å². The van der Waals surface area contributed by atoms with Crippen LogP contribution in [-0.2, 0) is 4.79 Å². The smallest absolute Gasteiger partial charge is 0.253 e. The number of aryl methyl sites for hydroxylation is 1. The SMILES string of the molecule is Cc1ccc(S[C@H](C)C(=O)N/N=C\c2c3ccccc3cc3ccccc23)cc1. The van der Waals surface area contributed by atoms with Gasteiger partial charge in [-0.15, -0.1) is 11.8 Å². The zero-order chi connectivity index (χ0) is 20.2. The molecule has 1 atom stereocenters. The Labute approximate surface area is 174 Å². The van der Waals surface area contributed by atoms with E-state index in [-0.39, 0.29) is 11.2 Å². The van der Waals surface area contributed by atoms with Crippen LogP contribution in [0.3, 0.4) is 0 Å². The number of rotatable bonds is 5. The number of hydrogen-bond acceptors (Lipinski definition) is 3. The van der Waals surface area contributed by atoms with Crippen molar-refractivity contribution in [3.63, 3.8) is 0 Å². The Kier molecular flexibility index (Phi) is 5.63. The number of thioether (sulfide) groups is 1. The first-order valence-corrected chi connectivity index (χ1v) is 10.5. The summed E-state index contributed by atoms with van der Waals surface area (Å²) in [4.78, 5) is 13.6. The number of nitrogens with zero attached hydrogens (tertiary/aromatic N) is 1. The van der Waals surface area contributed by atoms with Crippen LogP contribution in [0.25, 0.3) is 21.5 Å². The molecule has 0 heterocycles. The first-order chi connectivity index (χ1) is 14.1. The molecule has 144 valence electrons. The van der Waals surface area contributed by atoms with Crippen LogP contribution in [0.1, 0.15) is 18.1 Å². The van der Waals surface area contributed by atoms with E-state index in [4.69, 9.17) is 0 Å². The Morgan fingerprint density at radius 2 is 1.52 bits per heavy atom. The van der Waals surface area contributed by atoms with Crippen molar-refractivity contribution in [2.24, 2.45) is 5.10 Å². The normalized spacial score (nSPS) is 12.5. The standard InChI is InChI=1S/C25H22N2OS/c1-17-11-13-21(14-12-17)29-18(2)25(28)27-26-16-24-22-9-5-3-7-19(22)15-20-8-4-6-10-23(20)24/h3-16,18H,1-2H3,(H,27,28)/b26-16-/t18-/m1/s1. The van der Waals surface area contributed by atoms with Crippen molar-refractivity contribution in [3.05, 3.63) is 90.0 Å². The van der Waals surface area contributed by atoms with Crippen LogP contribution in [0, 0.1) is 6.92 Å². The average Bonchev–Trinajstić information content (AvgIpc) is 2.74. The second-order valence-corrected chi connectivity index (χ2v) is 8.45. The predicted molar refractivity (Wildman–Crippen MR) is 124 cm³/mol. The summed E-state index contributed by atoms with van der Waals surface area (Å²) in [6.45, 7) is 3.94. The lowest BCUT2D eigenvalue weighted by Crippen LogP contribution is -2.26. The summed E-state index contributed by atoms with van der Waals surface area (Å²) >= 11 is 1.53. The summed E-state index contributed by atoms with van der Waals surface area (Å²) in [7, 11) is 0. The second-order valence-electron chi connectivity index (χ2n) is 7.04. The van der Waals surface area contributed by atoms with E-state index in [1.807, 2.05) is 43.3 Å². The van der Waals surface area contributed by atoms with Gasteiger partial charge in [-0.05, 0) is 53.6 Å². The highest BCUT2D eigenvalue weighted by Gasteiger charge is 2.13. The molecule has 0 saturated carbocycles. The van der Waals surface area contributed by atoms with Crippen molar-refractivity contribution in [1.29, 1.82) is 0 Å². The van der Waals surface area contributed by atoms with Gasteiger partial charge in [0, 0.05) is 10.5 Å². The number of amides is 1. The molecular formula is C25H22N2OS. The van der Waals surface area contributed by atoms with E-state index in [0.29, 0.717) is 0 Å². The first kappa shape index (κ1) is 19.2. The summed E-state index contributed by atoms with van der Waals surface area (Å²) in [6, 6.07) is 26.8. The highest BCUT2D eigenvalue weighted by molar-refractivity contribution is 8.00. The monoisotopic (exact) mass is 398 g/mol. The van der Waals surface area contributed by atoms with Gasteiger partial charge in [0.05, 0.1) is 11.5 Å². The molecule has 4 heteroatoms. The van der Waals surface area contributed by atoms with Crippen LogP contribution in [0.5, 0.6) is 0 Å². The minimum absolute atomic E-state index is 0.114. The van der Waals surface area contributed by atoms with Crippen LogP contribution < -0.4 is 5.43 Å². The molecule has 1 N–H and O–H groups in total. The van der Waals surface area contributed by atoms with Crippen molar-refractivity contribution in [2.45, 2.75) is 24.0 Å². The fourth-order valence-corrected chi connectivity index (χ4v) is 4.18. The van der Waals surface area contributed by atoms with E-state index in [2.05, 4.69) is 59.9 Å². The largest absolute Gasteiger partial charge is 0.272 e. The van der Waals surface area contributed by atoms with Crippen LogP contribution in [0.2, 0.25) is 0 Å². The molecule has 0 aliphatic carbocycles. The van der Waals surface area contributed by atoms with Gasteiger partial charge < -0.3 is 0 Å². The Bertz CT molecular complexity index is 1140. The van der Waals surface area contributed by atoms with Crippen LogP contribution >= 0.6 is 11.8 Å². The molecule has 0 spiro atoms. The zero-order valence-electron chi connectivity index (χ0n) is 16.4. The van der Waals surface area contributed by atoms with Crippen molar-refractivity contribution in [3.8, 4) is 0 Å². The topological polar surface area (TPSA) is 41.5 Å². The van der Waals surface area contributed by atoms with Crippen LogP contribution in [-0.4, -0.2) is 17.4 Å². The van der Waals surface area contributed by atoms with E-state index in [1.165, 1.54) is 17.3 Å². The van der Waals surface area contributed by atoms with Gasteiger partial charge in [0.2, 0.25) is 0 Å². The Hall–Kier alpha value is -3.11. The molecule has 0 bridgehead atoms. The quantitative estimate of drug-likeness (QED) is 0.196. The summed E-state index contributed by atoms with van der Waals surface area (Å²) in [6.07, 6.45) is 1.76. The molecule has 0 aliphatic rings. The van der Waals surface area contributed by atoms with E-state index in [0.717, 1.165) is 32.0 Å². The van der Waals surface area contributed by atoms with Gasteiger partial charge in [-0.3, -0.25) is 4.79 Å². The van der Waals surface area contributed by atoms with Crippen LogP contribution in [0.15, 0.2) is 88.9 Å². The minimum atomic E-state index is -0.237. The molecule has 4 aromatic rings. The Morgan fingerprint density at radius 3 is 2.14 bits per heavy atom. The Balaban J connectivity index is 1.54. The maximum Gasteiger partial charge on any atom is 0.253 e. The van der Waals surface area contributed by atoms with Crippen molar-refractivity contribution in [2.75, 3.05) is 0 Å². The maximum atomic E-state index is 12.5. The van der Waals surface area contributed by atoms with E-state index in [9.17, 15) is 4.79 Å². The molecule has 0 aliphatic heterocycles. The highest BCUT2D eigenvalue weighted by atomic mass is 32.2. The summed E-state index contributed by atoms with van der Waals surface area (Å²) in [5.74, 6) is -0.114. The van der Waals surface area contributed by atoms with Gasteiger partial charge in [-0.25, -0.2) is 5.43 Å². The number of hydrogen-bond donors (Lipinski definition) is 1. The molecule has 29 heavy (non-hydrogen) atoms. The zero-order valence-corrected chi connectivity index (χ0v) is 17.2. The lowest BCUT2D eigenvalue weighted by atomic mass is 9.97. The van der Waals surface area contributed by atoms with Crippen LogP contribution in [0.4, 0.5) is 0 Å². The summed E-state index contributed by atoms with van der Waals surface area (Å²) in [5, 5.41) is 8.59. The second kappa shape index (κ2) is 8.50. The molecule has 4 rings (SSSR count). The summed E-state index contributed by atoms with van der Waals surface area (Å²) in [5.41, 5.74) is 4.92. The van der Waals surface area contributed by atoms with Gasteiger partial charge in [-0.1, -0.05) is 66.2 Å². The molecule has 0 radical (unpaired) electrons. The van der Waals surface area contributed by atoms with Gasteiger partial charge in [0.15, 0.2) is 0 Å². The molecule has 0 fully saturated rings. The number of carbonyl (C=O) groups excluding carboxylic acids is 1. The third kappa shape index (κ3) is 4.33. The molecule has 3 nitrogen and oxygen atoms in total.